The lowest BCUT2D eigenvalue weighted by atomic mass is 9.97. The number of anilines is 1. The Balaban J connectivity index is 1.82. The Morgan fingerprint density at radius 1 is 1.21 bits per heavy atom. The first-order chi connectivity index (χ1) is 9.09. The van der Waals surface area contributed by atoms with Gasteiger partial charge in [0.2, 0.25) is 0 Å². The molecule has 1 aliphatic heterocycles. The van der Waals surface area contributed by atoms with Crippen molar-refractivity contribution >= 4 is 5.69 Å². The van der Waals surface area contributed by atoms with Gasteiger partial charge in [-0.3, -0.25) is 4.90 Å². The molecule has 0 amide bonds. The van der Waals surface area contributed by atoms with Crippen LogP contribution in [0, 0.1) is 6.92 Å². The molecule has 3 heteroatoms. The summed E-state index contributed by atoms with van der Waals surface area (Å²) in [5.74, 6) is 0. The average Bonchev–Trinajstić information content (AvgIpc) is 2.42. The Kier molecular flexibility index (Phi) is 4.83. The van der Waals surface area contributed by atoms with Crippen molar-refractivity contribution in [2.45, 2.75) is 32.7 Å². The van der Waals surface area contributed by atoms with E-state index in [2.05, 4.69) is 60.6 Å². The second-order valence-corrected chi connectivity index (χ2v) is 6.04. The van der Waals surface area contributed by atoms with Gasteiger partial charge in [0.25, 0.3) is 0 Å². The fourth-order valence-electron chi connectivity index (χ4n) is 2.70. The third-order valence-corrected chi connectivity index (χ3v) is 4.17. The lowest BCUT2D eigenvalue weighted by Gasteiger charge is -2.41. The Bertz CT molecular complexity index is 395. The fraction of sp³-hybridized carbons (Fsp3) is 0.625. The number of benzene rings is 1. The Morgan fingerprint density at radius 2 is 1.89 bits per heavy atom. The topological polar surface area (TPSA) is 27.3 Å². The zero-order chi connectivity index (χ0) is 13.7. The number of nitrogens with one attached hydrogen (secondary N) is 2. The van der Waals surface area contributed by atoms with E-state index in [-0.39, 0.29) is 5.54 Å². The number of hydrogen-bond donors (Lipinski definition) is 2. The van der Waals surface area contributed by atoms with Gasteiger partial charge in [0.05, 0.1) is 0 Å². The summed E-state index contributed by atoms with van der Waals surface area (Å²) >= 11 is 0. The van der Waals surface area contributed by atoms with E-state index >= 15 is 0 Å². The van der Waals surface area contributed by atoms with Crippen LogP contribution in [-0.2, 0) is 0 Å². The molecule has 1 saturated heterocycles. The van der Waals surface area contributed by atoms with Gasteiger partial charge in [0, 0.05) is 44.0 Å². The molecule has 0 aliphatic carbocycles. The van der Waals surface area contributed by atoms with E-state index in [1.165, 1.54) is 17.7 Å². The quantitative estimate of drug-likeness (QED) is 0.852. The zero-order valence-corrected chi connectivity index (χ0v) is 12.5. The molecule has 2 N–H and O–H groups in total. The molecule has 2 rings (SSSR count). The van der Waals surface area contributed by atoms with Gasteiger partial charge >= 0.3 is 0 Å². The van der Waals surface area contributed by atoms with Crippen LogP contribution in [0.15, 0.2) is 24.3 Å². The summed E-state index contributed by atoms with van der Waals surface area (Å²) in [6, 6.07) is 8.50. The van der Waals surface area contributed by atoms with E-state index in [1.54, 1.807) is 0 Å². The van der Waals surface area contributed by atoms with E-state index < -0.39 is 0 Å². The molecule has 106 valence electrons. The molecule has 1 aromatic rings. The zero-order valence-electron chi connectivity index (χ0n) is 12.5. The third-order valence-electron chi connectivity index (χ3n) is 4.17. The third kappa shape index (κ3) is 3.95. The molecular formula is C16H27N3. The van der Waals surface area contributed by atoms with Crippen molar-refractivity contribution in [2.75, 3.05) is 38.0 Å². The summed E-state index contributed by atoms with van der Waals surface area (Å²) in [6.07, 6.45) is 1.17. The first-order valence-corrected chi connectivity index (χ1v) is 7.35. The molecule has 1 aromatic carbocycles. The number of rotatable bonds is 5. The normalized spacial score (nSPS) is 17.4. The molecule has 0 atom stereocenters. The van der Waals surface area contributed by atoms with E-state index in [1.807, 2.05) is 0 Å². The second kappa shape index (κ2) is 6.40. The lowest BCUT2D eigenvalue weighted by Crippen LogP contribution is -2.53. The van der Waals surface area contributed by atoms with Crippen molar-refractivity contribution in [3.05, 3.63) is 29.8 Å². The first-order valence-electron chi connectivity index (χ1n) is 7.35. The summed E-state index contributed by atoms with van der Waals surface area (Å²) in [4.78, 5) is 2.60. The molecule has 0 bridgehead atoms. The predicted molar refractivity (Wildman–Crippen MR) is 82.8 cm³/mol. The van der Waals surface area contributed by atoms with Gasteiger partial charge in [0.1, 0.15) is 0 Å². The summed E-state index contributed by atoms with van der Waals surface area (Å²) in [7, 11) is 0. The maximum Gasteiger partial charge on any atom is 0.0369 e. The largest absolute Gasteiger partial charge is 0.385 e. The minimum atomic E-state index is 0.276. The highest BCUT2D eigenvalue weighted by molar-refractivity contribution is 5.50. The van der Waals surface area contributed by atoms with Crippen LogP contribution in [0.1, 0.15) is 25.8 Å². The minimum Gasteiger partial charge on any atom is -0.385 e. The van der Waals surface area contributed by atoms with E-state index in [0.29, 0.717) is 0 Å². The van der Waals surface area contributed by atoms with Crippen LogP contribution in [-0.4, -0.2) is 43.2 Å². The number of para-hydroxylation sites is 1. The van der Waals surface area contributed by atoms with Crippen molar-refractivity contribution in [1.29, 1.82) is 0 Å². The van der Waals surface area contributed by atoms with Crippen LogP contribution in [0.25, 0.3) is 0 Å². The Hall–Kier alpha value is -1.06. The molecule has 0 unspecified atom stereocenters. The standard InChI is InChI=1S/C16H27N3/c1-14-6-4-5-7-15(14)18-9-8-16(2,3)19-12-10-17-11-13-19/h4-7,17-18H,8-13H2,1-3H3. The van der Waals surface area contributed by atoms with Crippen LogP contribution >= 0.6 is 0 Å². The highest BCUT2D eigenvalue weighted by Gasteiger charge is 2.27. The van der Waals surface area contributed by atoms with E-state index in [0.717, 1.165) is 32.7 Å². The number of piperazine rings is 1. The van der Waals surface area contributed by atoms with Crippen LogP contribution in [0.5, 0.6) is 0 Å². The monoisotopic (exact) mass is 261 g/mol. The fourth-order valence-corrected chi connectivity index (χ4v) is 2.70. The lowest BCUT2D eigenvalue weighted by molar-refractivity contribution is 0.0987. The van der Waals surface area contributed by atoms with Gasteiger partial charge in [0.15, 0.2) is 0 Å². The molecule has 0 saturated carbocycles. The molecule has 1 aliphatic rings. The molecule has 0 aromatic heterocycles. The molecule has 1 fully saturated rings. The average molecular weight is 261 g/mol. The molecule has 1 heterocycles. The van der Waals surface area contributed by atoms with Crippen molar-refractivity contribution in [1.82, 2.24) is 10.2 Å². The number of nitrogens with zero attached hydrogens (tertiary/aromatic N) is 1. The summed E-state index contributed by atoms with van der Waals surface area (Å²) in [5.41, 5.74) is 2.86. The van der Waals surface area contributed by atoms with E-state index in [4.69, 9.17) is 0 Å². The molecule has 19 heavy (non-hydrogen) atoms. The Labute approximate surface area is 117 Å². The molecular weight excluding hydrogens is 234 g/mol. The number of aryl methyl sites for hydroxylation is 1. The van der Waals surface area contributed by atoms with Crippen molar-refractivity contribution in [3.63, 3.8) is 0 Å². The van der Waals surface area contributed by atoms with Crippen LogP contribution in [0.3, 0.4) is 0 Å². The first kappa shape index (κ1) is 14.4. The van der Waals surface area contributed by atoms with Crippen molar-refractivity contribution in [3.8, 4) is 0 Å². The van der Waals surface area contributed by atoms with Crippen LogP contribution in [0.2, 0.25) is 0 Å². The molecule has 3 nitrogen and oxygen atoms in total. The smallest absolute Gasteiger partial charge is 0.0369 e. The number of hydrogen-bond acceptors (Lipinski definition) is 3. The maximum atomic E-state index is 3.57. The van der Waals surface area contributed by atoms with Crippen LogP contribution < -0.4 is 10.6 Å². The molecule has 0 radical (unpaired) electrons. The SMILES string of the molecule is Cc1ccccc1NCCC(C)(C)N1CCNCC1. The van der Waals surface area contributed by atoms with Gasteiger partial charge in [-0.2, -0.15) is 0 Å². The Morgan fingerprint density at radius 3 is 2.58 bits per heavy atom. The van der Waals surface area contributed by atoms with Crippen molar-refractivity contribution in [2.24, 2.45) is 0 Å². The van der Waals surface area contributed by atoms with Gasteiger partial charge in [-0.1, -0.05) is 18.2 Å². The summed E-state index contributed by atoms with van der Waals surface area (Å²) < 4.78 is 0. The van der Waals surface area contributed by atoms with Crippen molar-refractivity contribution < 1.29 is 0 Å². The summed E-state index contributed by atoms with van der Waals surface area (Å²) in [5, 5.41) is 6.98. The van der Waals surface area contributed by atoms with Gasteiger partial charge in [-0.15, -0.1) is 0 Å². The maximum absolute atomic E-state index is 3.57. The highest BCUT2D eigenvalue weighted by atomic mass is 15.2. The van der Waals surface area contributed by atoms with Gasteiger partial charge in [-0.05, 0) is 38.8 Å². The van der Waals surface area contributed by atoms with Gasteiger partial charge < -0.3 is 10.6 Å². The minimum absolute atomic E-state index is 0.276. The summed E-state index contributed by atoms with van der Waals surface area (Å²) in [6.45, 7) is 12.5. The predicted octanol–water partition coefficient (Wildman–Crippen LogP) is 2.48. The van der Waals surface area contributed by atoms with Gasteiger partial charge in [-0.25, -0.2) is 0 Å². The van der Waals surface area contributed by atoms with E-state index in [9.17, 15) is 0 Å². The second-order valence-electron chi connectivity index (χ2n) is 6.04. The highest BCUT2D eigenvalue weighted by Crippen LogP contribution is 2.20. The van der Waals surface area contributed by atoms with Crippen LogP contribution in [0.4, 0.5) is 5.69 Å². The molecule has 0 spiro atoms.